The van der Waals surface area contributed by atoms with Gasteiger partial charge in [-0.25, -0.2) is 8.78 Å². The third-order valence-electron chi connectivity index (χ3n) is 2.22. The zero-order valence-corrected chi connectivity index (χ0v) is 9.74. The second-order valence-corrected chi connectivity index (χ2v) is 4.75. The minimum absolute atomic E-state index is 0.0794. The van der Waals surface area contributed by atoms with Gasteiger partial charge in [0.1, 0.15) is 5.75 Å². The Bertz CT molecular complexity index is 453. The van der Waals surface area contributed by atoms with Gasteiger partial charge in [-0.3, -0.25) is 4.79 Å². The van der Waals surface area contributed by atoms with Crippen molar-refractivity contribution in [2.75, 3.05) is 7.11 Å². The Kier molecular flexibility index (Phi) is 3.08. The molecule has 2 atom stereocenters. The summed E-state index contributed by atoms with van der Waals surface area (Å²) in [6.45, 7) is 0. The van der Waals surface area contributed by atoms with Crippen LogP contribution in [0.1, 0.15) is 10.4 Å². The first-order chi connectivity index (χ1) is 7.54. The summed E-state index contributed by atoms with van der Waals surface area (Å²) in [6, 6.07) is 2.79. The van der Waals surface area contributed by atoms with Crippen LogP contribution in [0.5, 0.6) is 5.75 Å². The van der Waals surface area contributed by atoms with E-state index in [1.807, 2.05) is 0 Å². The number of benzene rings is 1. The number of alkyl halides is 2. The van der Waals surface area contributed by atoms with Crippen molar-refractivity contribution in [3.63, 3.8) is 0 Å². The van der Waals surface area contributed by atoms with Crippen molar-refractivity contribution in [3.8, 4) is 5.75 Å². The highest BCUT2D eigenvalue weighted by molar-refractivity contribution is 8.00. The van der Waals surface area contributed by atoms with E-state index in [0.29, 0.717) is 16.7 Å². The van der Waals surface area contributed by atoms with Crippen LogP contribution in [0.3, 0.4) is 0 Å². The van der Waals surface area contributed by atoms with Crippen LogP contribution in [0.4, 0.5) is 8.78 Å². The quantitative estimate of drug-likeness (QED) is 0.779. The number of hydrogen-bond donors (Lipinski definition) is 0. The number of methoxy groups -OCH3 is 1. The van der Waals surface area contributed by atoms with Crippen molar-refractivity contribution >= 4 is 29.1 Å². The van der Waals surface area contributed by atoms with Gasteiger partial charge in [0, 0.05) is 10.6 Å². The van der Waals surface area contributed by atoms with E-state index in [2.05, 4.69) is 0 Å². The van der Waals surface area contributed by atoms with Crippen LogP contribution < -0.4 is 4.74 Å². The summed E-state index contributed by atoms with van der Waals surface area (Å²) in [5, 5.41) is 0.258. The number of ether oxygens (including phenoxy) is 1. The Labute approximate surface area is 99.9 Å². The molecule has 0 N–H and O–H groups in total. The first kappa shape index (κ1) is 11.7. The van der Waals surface area contributed by atoms with Gasteiger partial charge >= 0.3 is 0 Å². The fourth-order valence-electron chi connectivity index (χ4n) is 1.46. The average molecular weight is 265 g/mol. The Balaban J connectivity index is 2.60. The predicted octanol–water partition coefficient (Wildman–Crippen LogP) is 3.27. The molecule has 0 aromatic heterocycles. The van der Waals surface area contributed by atoms with Crippen LogP contribution in [0, 0.1) is 0 Å². The topological polar surface area (TPSA) is 26.3 Å². The summed E-state index contributed by atoms with van der Waals surface area (Å²) in [4.78, 5) is 11.8. The van der Waals surface area contributed by atoms with Crippen LogP contribution in [0.15, 0.2) is 17.0 Å². The lowest BCUT2D eigenvalue weighted by atomic mass is 10.1. The van der Waals surface area contributed by atoms with E-state index in [-0.39, 0.29) is 16.3 Å². The van der Waals surface area contributed by atoms with Crippen molar-refractivity contribution in [1.82, 2.24) is 0 Å². The fraction of sp³-hybridized carbons (Fsp3) is 0.300. The normalized spacial score (nSPS) is 24.1. The van der Waals surface area contributed by atoms with E-state index < -0.39 is 17.5 Å². The number of fused-ring (bicyclic) bond motifs is 1. The average Bonchev–Trinajstić information content (AvgIpc) is 2.26. The van der Waals surface area contributed by atoms with Crippen molar-refractivity contribution in [2.45, 2.75) is 16.6 Å². The molecule has 0 saturated carbocycles. The van der Waals surface area contributed by atoms with Crippen LogP contribution in [-0.2, 0) is 0 Å². The van der Waals surface area contributed by atoms with E-state index in [1.165, 1.54) is 19.2 Å². The van der Waals surface area contributed by atoms with Crippen LogP contribution in [-0.4, -0.2) is 24.6 Å². The molecule has 1 heterocycles. The van der Waals surface area contributed by atoms with Gasteiger partial charge in [-0.15, -0.1) is 0 Å². The molecule has 0 bridgehead atoms. The number of carbonyl (C=O) groups is 1. The molecule has 2 rings (SSSR count). The highest BCUT2D eigenvalue weighted by Gasteiger charge is 2.38. The number of rotatable bonds is 1. The van der Waals surface area contributed by atoms with E-state index in [4.69, 9.17) is 16.3 Å². The third-order valence-corrected chi connectivity index (χ3v) is 3.56. The first-order valence-corrected chi connectivity index (χ1v) is 5.67. The standard InChI is InChI=1S/C10H7ClF2O2S/c1-15-6-3-4(11)2-5-8(14)7(12)10(13)16-9(5)6/h2-3,7,10H,1H3. The van der Waals surface area contributed by atoms with Gasteiger partial charge in [0.25, 0.3) is 0 Å². The molecule has 0 spiro atoms. The van der Waals surface area contributed by atoms with Gasteiger partial charge < -0.3 is 4.74 Å². The van der Waals surface area contributed by atoms with E-state index in [9.17, 15) is 13.6 Å². The Morgan fingerprint density at radius 3 is 2.75 bits per heavy atom. The fourth-order valence-corrected chi connectivity index (χ4v) is 2.69. The predicted molar refractivity (Wildman–Crippen MR) is 58.0 cm³/mol. The van der Waals surface area contributed by atoms with E-state index in [1.54, 1.807) is 0 Å². The largest absolute Gasteiger partial charge is 0.496 e. The molecule has 1 aromatic rings. The SMILES string of the molecule is COc1cc(Cl)cc2c1SC(F)C(F)C2=O. The molecule has 0 amide bonds. The maximum Gasteiger partial charge on any atom is 0.203 e. The molecule has 6 heteroatoms. The molecule has 16 heavy (non-hydrogen) atoms. The van der Waals surface area contributed by atoms with Gasteiger partial charge in [-0.05, 0) is 12.1 Å². The molecule has 1 aromatic carbocycles. The highest BCUT2D eigenvalue weighted by Crippen LogP contribution is 2.44. The summed E-state index contributed by atoms with van der Waals surface area (Å²) in [6.07, 6.45) is -2.14. The zero-order chi connectivity index (χ0) is 11.9. The Morgan fingerprint density at radius 2 is 2.12 bits per heavy atom. The second kappa shape index (κ2) is 4.22. The molecule has 0 radical (unpaired) electrons. The maximum atomic E-state index is 13.2. The molecular weight excluding hydrogens is 258 g/mol. The minimum Gasteiger partial charge on any atom is -0.496 e. The van der Waals surface area contributed by atoms with Crippen molar-refractivity contribution in [2.24, 2.45) is 0 Å². The smallest absolute Gasteiger partial charge is 0.203 e. The summed E-state index contributed by atoms with van der Waals surface area (Å²) >= 11 is 6.39. The van der Waals surface area contributed by atoms with Gasteiger partial charge in [-0.1, -0.05) is 23.4 Å². The van der Waals surface area contributed by atoms with Crippen LogP contribution >= 0.6 is 23.4 Å². The third kappa shape index (κ3) is 1.78. The van der Waals surface area contributed by atoms with Crippen molar-refractivity contribution < 1.29 is 18.3 Å². The first-order valence-electron chi connectivity index (χ1n) is 4.41. The number of thioether (sulfide) groups is 1. The van der Waals surface area contributed by atoms with Crippen LogP contribution in [0.25, 0.3) is 0 Å². The second-order valence-electron chi connectivity index (χ2n) is 3.22. The molecule has 2 nitrogen and oxygen atoms in total. The lowest BCUT2D eigenvalue weighted by Gasteiger charge is -2.22. The van der Waals surface area contributed by atoms with Crippen LogP contribution in [0.2, 0.25) is 5.02 Å². The molecule has 1 aliphatic rings. The van der Waals surface area contributed by atoms with E-state index in [0.717, 1.165) is 0 Å². The van der Waals surface area contributed by atoms with Gasteiger partial charge in [-0.2, -0.15) is 0 Å². The number of ketones is 1. The molecule has 0 aliphatic carbocycles. The number of hydrogen-bond acceptors (Lipinski definition) is 3. The maximum absolute atomic E-state index is 13.2. The lowest BCUT2D eigenvalue weighted by Crippen LogP contribution is -2.29. The summed E-state index contributed by atoms with van der Waals surface area (Å²) in [7, 11) is 1.38. The molecule has 0 fully saturated rings. The summed E-state index contributed by atoms with van der Waals surface area (Å²) in [5.74, 6) is -0.600. The van der Waals surface area contributed by atoms with Crippen molar-refractivity contribution in [1.29, 1.82) is 0 Å². The highest BCUT2D eigenvalue weighted by atomic mass is 35.5. The van der Waals surface area contributed by atoms with Gasteiger partial charge in [0.05, 0.1) is 12.0 Å². The van der Waals surface area contributed by atoms with Gasteiger partial charge in [0.2, 0.25) is 12.0 Å². The Hall–Kier alpha value is -0.810. The Morgan fingerprint density at radius 1 is 1.44 bits per heavy atom. The van der Waals surface area contributed by atoms with Crippen molar-refractivity contribution in [3.05, 3.63) is 22.7 Å². The molecule has 0 saturated heterocycles. The summed E-state index contributed by atoms with van der Waals surface area (Å²) in [5.41, 5.74) is -1.81. The van der Waals surface area contributed by atoms with E-state index >= 15 is 0 Å². The summed E-state index contributed by atoms with van der Waals surface area (Å²) < 4.78 is 31.4. The minimum atomic E-state index is -2.14. The number of halogens is 3. The number of carbonyl (C=O) groups excluding carboxylic acids is 1. The lowest BCUT2D eigenvalue weighted by molar-refractivity contribution is 0.0820. The monoisotopic (exact) mass is 264 g/mol. The number of Topliss-reactive ketones (excluding diaryl/α,β-unsaturated/α-hetero) is 1. The molecule has 1 aliphatic heterocycles. The van der Waals surface area contributed by atoms with Gasteiger partial charge in [0.15, 0.2) is 5.50 Å². The molecule has 2 unspecified atom stereocenters. The molecule has 86 valence electrons. The molecular formula is C10H7ClF2O2S. The zero-order valence-electron chi connectivity index (χ0n) is 8.17.